The maximum atomic E-state index is 14.5. The minimum atomic E-state index is -0.120. The van der Waals surface area contributed by atoms with Crippen LogP contribution in [0.3, 0.4) is 0 Å². The monoisotopic (exact) mass is 480 g/mol. The molecule has 4 nitrogen and oxygen atoms in total. The van der Waals surface area contributed by atoms with E-state index in [4.69, 9.17) is 9.72 Å². The van der Waals surface area contributed by atoms with Gasteiger partial charge in [-0.3, -0.25) is 9.36 Å². The van der Waals surface area contributed by atoms with E-state index in [1.165, 1.54) is 11.1 Å². The molecule has 4 aromatic rings. The molecule has 35 heavy (non-hydrogen) atoms. The maximum Gasteiger partial charge on any atom is 0.263 e. The van der Waals surface area contributed by atoms with Gasteiger partial charge in [-0.2, -0.15) is 0 Å². The fraction of sp³-hybridized carbons (Fsp3) is 0.267. The third-order valence-corrected chi connectivity index (χ3v) is 8.50. The molecule has 0 aliphatic heterocycles. The van der Waals surface area contributed by atoms with Crippen LogP contribution in [0.5, 0.6) is 5.75 Å². The first-order valence-corrected chi connectivity index (χ1v) is 13.2. The number of benzene rings is 3. The number of aromatic nitrogens is 2. The number of hydrogen-bond donors (Lipinski definition) is 0. The molecule has 2 aliphatic carbocycles. The molecule has 1 aromatic heterocycles. The van der Waals surface area contributed by atoms with Gasteiger partial charge in [0.2, 0.25) is 0 Å². The van der Waals surface area contributed by atoms with Crippen molar-refractivity contribution in [1.82, 2.24) is 9.55 Å². The molecule has 2 aliphatic rings. The first-order valence-electron chi connectivity index (χ1n) is 12.3. The Kier molecular flexibility index (Phi) is 5.73. The summed E-state index contributed by atoms with van der Waals surface area (Å²) in [6.45, 7) is 0. The van der Waals surface area contributed by atoms with Gasteiger partial charge in [-0.1, -0.05) is 79.2 Å². The first-order chi connectivity index (χ1) is 17.2. The van der Waals surface area contributed by atoms with Crippen molar-refractivity contribution in [2.75, 3.05) is 7.11 Å². The topological polar surface area (TPSA) is 44.1 Å². The minimum absolute atomic E-state index is 0.0760. The van der Waals surface area contributed by atoms with Crippen LogP contribution in [0.2, 0.25) is 0 Å². The minimum Gasteiger partial charge on any atom is -0.497 e. The molecule has 3 aromatic carbocycles. The van der Waals surface area contributed by atoms with Crippen molar-refractivity contribution in [3.8, 4) is 22.7 Å². The van der Waals surface area contributed by atoms with Gasteiger partial charge in [-0.25, -0.2) is 4.98 Å². The molecule has 0 radical (unpaired) electrons. The Morgan fingerprint density at radius 2 is 1.66 bits per heavy atom. The zero-order chi connectivity index (χ0) is 23.8. The van der Waals surface area contributed by atoms with Crippen molar-refractivity contribution >= 4 is 11.8 Å². The van der Waals surface area contributed by atoms with Crippen LogP contribution in [0.1, 0.15) is 42.4 Å². The Morgan fingerprint density at radius 1 is 0.943 bits per heavy atom. The van der Waals surface area contributed by atoms with E-state index in [1.807, 2.05) is 47.0 Å². The third-order valence-electron chi connectivity index (χ3n) is 7.49. The van der Waals surface area contributed by atoms with E-state index in [0.717, 1.165) is 71.3 Å². The molecule has 1 fully saturated rings. The van der Waals surface area contributed by atoms with E-state index in [9.17, 15) is 4.79 Å². The number of nitrogens with zero attached hydrogens (tertiary/aromatic N) is 2. The van der Waals surface area contributed by atoms with Gasteiger partial charge in [0, 0.05) is 16.7 Å². The van der Waals surface area contributed by atoms with Gasteiger partial charge in [0.25, 0.3) is 5.56 Å². The second kappa shape index (κ2) is 9.04. The summed E-state index contributed by atoms with van der Waals surface area (Å²) in [7, 11) is 1.66. The molecule has 5 heteroatoms. The summed E-state index contributed by atoms with van der Waals surface area (Å²) in [4.78, 5) is 19.7. The van der Waals surface area contributed by atoms with Gasteiger partial charge >= 0.3 is 0 Å². The summed E-state index contributed by atoms with van der Waals surface area (Å²) in [6.07, 6.45) is 5.34. The highest BCUT2D eigenvalue weighted by atomic mass is 32.2. The number of methoxy groups -OCH3 is 1. The summed E-state index contributed by atoms with van der Waals surface area (Å²) in [5.74, 6) is 1.52. The highest BCUT2D eigenvalue weighted by Crippen LogP contribution is 2.50. The Labute approximate surface area is 210 Å². The van der Waals surface area contributed by atoms with E-state index >= 15 is 0 Å². The van der Waals surface area contributed by atoms with Crippen molar-refractivity contribution < 1.29 is 4.74 Å². The molecule has 0 amide bonds. The molecule has 6 rings (SSSR count). The van der Waals surface area contributed by atoms with E-state index < -0.39 is 0 Å². The Bertz CT molecular complexity index is 1420. The number of thioether (sulfide) groups is 1. The average molecular weight is 481 g/mol. The lowest BCUT2D eigenvalue weighted by Gasteiger charge is -2.36. The smallest absolute Gasteiger partial charge is 0.263 e. The number of hydrogen-bond acceptors (Lipinski definition) is 4. The molecule has 1 spiro atoms. The van der Waals surface area contributed by atoms with Crippen molar-refractivity contribution in [2.45, 2.75) is 48.4 Å². The number of ether oxygens (including phenoxy) is 1. The largest absolute Gasteiger partial charge is 0.497 e. The van der Waals surface area contributed by atoms with E-state index in [-0.39, 0.29) is 11.0 Å². The maximum absolute atomic E-state index is 14.5. The van der Waals surface area contributed by atoms with Crippen molar-refractivity contribution in [3.63, 3.8) is 0 Å². The van der Waals surface area contributed by atoms with E-state index in [2.05, 4.69) is 36.4 Å². The summed E-state index contributed by atoms with van der Waals surface area (Å²) in [5.41, 5.74) is 6.22. The number of fused-ring (bicyclic) bond motifs is 4. The van der Waals surface area contributed by atoms with Gasteiger partial charge in [0.1, 0.15) is 5.75 Å². The van der Waals surface area contributed by atoms with Crippen LogP contribution in [0.4, 0.5) is 0 Å². The summed E-state index contributed by atoms with van der Waals surface area (Å²) >= 11 is 1.62. The Hall–Kier alpha value is -3.31. The normalized spacial score (nSPS) is 15.6. The molecular formula is C30H28N2O2S. The van der Waals surface area contributed by atoms with Crippen LogP contribution in [-0.2, 0) is 17.6 Å². The van der Waals surface area contributed by atoms with Crippen molar-refractivity contribution in [3.05, 3.63) is 106 Å². The molecule has 0 atom stereocenters. The molecule has 1 saturated carbocycles. The van der Waals surface area contributed by atoms with E-state index in [1.54, 1.807) is 18.9 Å². The van der Waals surface area contributed by atoms with E-state index in [0.29, 0.717) is 0 Å². The molecule has 176 valence electrons. The first kappa shape index (κ1) is 22.2. The van der Waals surface area contributed by atoms with Crippen molar-refractivity contribution in [1.29, 1.82) is 0 Å². The zero-order valence-corrected chi connectivity index (χ0v) is 20.7. The molecule has 0 N–H and O–H groups in total. The Morgan fingerprint density at radius 3 is 2.40 bits per heavy atom. The predicted octanol–water partition coefficient (Wildman–Crippen LogP) is 6.57. The fourth-order valence-electron chi connectivity index (χ4n) is 5.79. The lowest BCUT2D eigenvalue weighted by atomic mass is 9.68. The molecule has 1 heterocycles. The molecular weight excluding hydrogens is 452 g/mol. The summed E-state index contributed by atoms with van der Waals surface area (Å²) in [5, 5.41) is 0.729. The second-order valence-electron chi connectivity index (χ2n) is 9.55. The second-order valence-corrected chi connectivity index (χ2v) is 10.5. The van der Waals surface area contributed by atoms with Gasteiger partial charge in [-0.05, 0) is 54.7 Å². The summed E-state index contributed by atoms with van der Waals surface area (Å²) < 4.78 is 7.20. The van der Waals surface area contributed by atoms with Gasteiger partial charge in [-0.15, -0.1) is 0 Å². The molecule has 0 bridgehead atoms. The number of rotatable bonds is 5. The lowest BCUT2D eigenvalue weighted by molar-refractivity contribution is 0.414. The van der Waals surface area contributed by atoms with Crippen LogP contribution in [-0.4, -0.2) is 16.7 Å². The van der Waals surface area contributed by atoms with Crippen molar-refractivity contribution in [2.24, 2.45) is 0 Å². The Balaban J connectivity index is 1.57. The van der Waals surface area contributed by atoms with Gasteiger partial charge < -0.3 is 4.74 Å². The zero-order valence-electron chi connectivity index (χ0n) is 19.9. The molecule has 0 unspecified atom stereocenters. The van der Waals surface area contributed by atoms with Crippen LogP contribution in [0, 0.1) is 0 Å². The van der Waals surface area contributed by atoms with Crippen LogP contribution >= 0.6 is 11.8 Å². The average Bonchev–Trinajstić information content (AvgIpc) is 3.36. The summed E-state index contributed by atoms with van der Waals surface area (Å²) in [6, 6.07) is 26.6. The van der Waals surface area contributed by atoms with Gasteiger partial charge in [0.15, 0.2) is 5.16 Å². The predicted molar refractivity (Wildman–Crippen MR) is 142 cm³/mol. The SMILES string of the molecule is COc1ccc(-n2c(SCc3ccccc3)nc3c(c2=O)C2(CCCC2)Cc2ccccc2-3)cc1. The fourth-order valence-corrected chi connectivity index (χ4v) is 6.75. The third kappa shape index (κ3) is 3.88. The van der Waals surface area contributed by atoms with Crippen LogP contribution < -0.4 is 10.3 Å². The van der Waals surface area contributed by atoms with Crippen LogP contribution in [0.25, 0.3) is 16.9 Å². The van der Waals surface area contributed by atoms with Crippen LogP contribution in [0.15, 0.2) is 88.8 Å². The van der Waals surface area contributed by atoms with Gasteiger partial charge in [0.05, 0.1) is 24.1 Å². The lowest BCUT2D eigenvalue weighted by Crippen LogP contribution is -2.40. The quantitative estimate of drug-likeness (QED) is 0.239. The highest BCUT2D eigenvalue weighted by Gasteiger charge is 2.44. The highest BCUT2D eigenvalue weighted by molar-refractivity contribution is 7.98. The molecule has 0 saturated heterocycles. The standard InChI is InChI=1S/C30H28N2O2S/c1-34-24-15-13-23(14-16-24)32-28(33)26-27(31-29(32)35-20-21-9-3-2-4-10-21)25-12-6-5-11-22(25)19-30(26)17-7-8-18-30/h2-6,9-16H,7-8,17-20H2,1H3.